The maximum Gasteiger partial charge on any atom is 0.255 e. The molecule has 196 valence electrons. The van der Waals surface area contributed by atoms with Crippen LogP contribution in [0, 0.1) is 6.92 Å². The Bertz CT molecular complexity index is 1230. The molecule has 0 aliphatic carbocycles. The van der Waals surface area contributed by atoms with Crippen molar-refractivity contribution in [3.05, 3.63) is 76.9 Å². The molecule has 9 heteroatoms. The van der Waals surface area contributed by atoms with Gasteiger partial charge in [-0.3, -0.25) is 14.4 Å². The Hall–Kier alpha value is -3.30. The number of amides is 3. The third-order valence-electron chi connectivity index (χ3n) is 7.33. The Morgan fingerprint density at radius 3 is 2.59 bits per heavy atom. The number of thioether (sulfide) groups is 1. The SMILES string of the molecule is C/C=C(\C)CN1C(=O)[C@H]2N(C(=O)[C@@H](O)[C@H](Cc3ccccc3)NC(=O)c3cccc(O)c3C)CSC21C. The molecule has 2 aliphatic heterocycles. The summed E-state index contributed by atoms with van der Waals surface area (Å²) in [4.78, 5) is 42.4. The second kappa shape index (κ2) is 10.6. The van der Waals surface area contributed by atoms with Crippen LogP contribution in [0.25, 0.3) is 0 Å². The van der Waals surface area contributed by atoms with Crippen molar-refractivity contribution >= 4 is 29.5 Å². The van der Waals surface area contributed by atoms with Crippen molar-refractivity contribution in [2.75, 3.05) is 12.4 Å². The van der Waals surface area contributed by atoms with E-state index in [1.165, 1.54) is 22.7 Å². The van der Waals surface area contributed by atoms with Gasteiger partial charge in [0.25, 0.3) is 11.8 Å². The zero-order chi connectivity index (χ0) is 26.9. The number of fused-ring (bicyclic) bond motifs is 1. The highest BCUT2D eigenvalue weighted by Gasteiger charge is 2.65. The van der Waals surface area contributed by atoms with Crippen LogP contribution in [0.3, 0.4) is 0 Å². The molecule has 1 unspecified atom stereocenters. The number of carbonyl (C=O) groups excluding carboxylic acids is 3. The number of allylic oxidation sites excluding steroid dienone is 1. The number of aliphatic hydroxyl groups is 1. The summed E-state index contributed by atoms with van der Waals surface area (Å²) in [7, 11) is 0. The molecule has 0 bridgehead atoms. The Balaban J connectivity index is 1.55. The fourth-order valence-electron chi connectivity index (χ4n) is 4.86. The van der Waals surface area contributed by atoms with E-state index < -0.39 is 34.9 Å². The van der Waals surface area contributed by atoms with E-state index in [1.807, 2.05) is 57.2 Å². The molecular weight excluding hydrogens is 490 g/mol. The first-order chi connectivity index (χ1) is 17.6. The van der Waals surface area contributed by atoms with Crippen LogP contribution in [0.5, 0.6) is 5.75 Å². The van der Waals surface area contributed by atoms with Gasteiger partial charge in [0, 0.05) is 17.7 Å². The number of phenolic OH excluding ortho intramolecular Hbond substituents is 1. The van der Waals surface area contributed by atoms with E-state index in [2.05, 4.69) is 5.32 Å². The molecule has 4 rings (SSSR count). The summed E-state index contributed by atoms with van der Waals surface area (Å²) in [6.07, 6.45) is 0.603. The van der Waals surface area contributed by atoms with Gasteiger partial charge in [-0.05, 0) is 51.8 Å². The topological polar surface area (TPSA) is 110 Å². The van der Waals surface area contributed by atoms with E-state index in [0.29, 0.717) is 12.1 Å². The van der Waals surface area contributed by atoms with Crippen molar-refractivity contribution in [1.82, 2.24) is 15.1 Å². The number of hydrogen-bond acceptors (Lipinski definition) is 6. The highest BCUT2D eigenvalue weighted by Crippen LogP contribution is 2.50. The lowest BCUT2D eigenvalue weighted by atomic mass is 9.92. The van der Waals surface area contributed by atoms with Crippen LogP contribution in [-0.4, -0.2) is 73.2 Å². The first-order valence-electron chi connectivity index (χ1n) is 12.3. The lowest BCUT2D eigenvalue weighted by Gasteiger charge is -2.53. The maximum atomic E-state index is 13.6. The lowest BCUT2D eigenvalue weighted by molar-refractivity contribution is -0.166. The average molecular weight is 524 g/mol. The van der Waals surface area contributed by atoms with E-state index >= 15 is 0 Å². The van der Waals surface area contributed by atoms with E-state index in [1.54, 1.807) is 24.0 Å². The number of aromatic hydroxyl groups is 1. The number of aliphatic hydroxyl groups excluding tert-OH is 1. The molecule has 37 heavy (non-hydrogen) atoms. The molecular formula is C28H33N3O5S. The van der Waals surface area contributed by atoms with Crippen LogP contribution in [-0.2, 0) is 16.0 Å². The fraction of sp³-hybridized carbons (Fsp3) is 0.393. The Labute approximate surface area is 221 Å². The maximum absolute atomic E-state index is 13.6. The van der Waals surface area contributed by atoms with Crippen LogP contribution in [0.2, 0.25) is 0 Å². The van der Waals surface area contributed by atoms with Gasteiger partial charge in [0.2, 0.25) is 5.91 Å². The summed E-state index contributed by atoms with van der Waals surface area (Å²) in [6, 6.07) is 12.3. The number of benzene rings is 2. The average Bonchev–Trinajstić information content (AvgIpc) is 3.21. The molecule has 2 fully saturated rings. The molecule has 2 heterocycles. The van der Waals surface area contributed by atoms with Crippen molar-refractivity contribution in [1.29, 1.82) is 0 Å². The van der Waals surface area contributed by atoms with E-state index in [4.69, 9.17) is 0 Å². The van der Waals surface area contributed by atoms with Crippen LogP contribution in [0.4, 0.5) is 0 Å². The highest BCUT2D eigenvalue weighted by molar-refractivity contribution is 8.01. The van der Waals surface area contributed by atoms with Gasteiger partial charge in [-0.1, -0.05) is 48.0 Å². The first kappa shape index (κ1) is 26.8. The summed E-state index contributed by atoms with van der Waals surface area (Å²) >= 11 is 1.50. The molecule has 3 amide bonds. The number of phenols is 1. The van der Waals surface area contributed by atoms with Gasteiger partial charge in [-0.2, -0.15) is 0 Å². The quantitative estimate of drug-likeness (QED) is 0.363. The minimum absolute atomic E-state index is 0.0153. The summed E-state index contributed by atoms with van der Waals surface area (Å²) in [5, 5.41) is 24.1. The predicted molar refractivity (Wildman–Crippen MR) is 143 cm³/mol. The van der Waals surface area contributed by atoms with Crippen molar-refractivity contribution < 1.29 is 24.6 Å². The van der Waals surface area contributed by atoms with E-state index in [-0.39, 0.29) is 29.5 Å². The summed E-state index contributed by atoms with van der Waals surface area (Å²) in [5.74, 6) is -0.988. The van der Waals surface area contributed by atoms with Crippen LogP contribution in [0.1, 0.15) is 42.3 Å². The molecule has 2 saturated heterocycles. The first-order valence-corrected chi connectivity index (χ1v) is 13.3. The van der Waals surface area contributed by atoms with E-state index in [9.17, 15) is 24.6 Å². The zero-order valence-corrected chi connectivity index (χ0v) is 22.3. The number of rotatable bonds is 8. The second-order valence-electron chi connectivity index (χ2n) is 9.76. The third-order valence-corrected chi connectivity index (χ3v) is 8.77. The molecule has 0 saturated carbocycles. The Morgan fingerprint density at radius 1 is 1.22 bits per heavy atom. The molecule has 3 N–H and O–H groups in total. The summed E-state index contributed by atoms with van der Waals surface area (Å²) < 4.78 is 0. The summed E-state index contributed by atoms with van der Waals surface area (Å²) in [5.41, 5.74) is 2.56. The Kier molecular flexibility index (Phi) is 7.66. The number of likely N-dealkylation sites (tertiary alicyclic amines) is 1. The van der Waals surface area contributed by atoms with Crippen LogP contribution < -0.4 is 5.32 Å². The monoisotopic (exact) mass is 523 g/mol. The number of nitrogens with zero attached hydrogens (tertiary/aromatic N) is 2. The molecule has 0 aromatic heterocycles. The van der Waals surface area contributed by atoms with Gasteiger partial charge in [-0.25, -0.2) is 0 Å². The number of nitrogens with one attached hydrogen (secondary N) is 1. The normalized spacial score (nSPS) is 22.8. The van der Waals surface area contributed by atoms with Gasteiger partial charge in [-0.15, -0.1) is 11.8 Å². The predicted octanol–water partition coefficient (Wildman–Crippen LogP) is 2.83. The van der Waals surface area contributed by atoms with Gasteiger partial charge >= 0.3 is 0 Å². The van der Waals surface area contributed by atoms with Gasteiger partial charge < -0.3 is 25.3 Å². The van der Waals surface area contributed by atoms with Gasteiger partial charge in [0.05, 0.1) is 11.9 Å². The number of carbonyl (C=O) groups is 3. The number of β-lactam (4-membered cyclic amide) rings is 1. The molecule has 8 nitrogen and oxygen atoms in total. The lowest BCUT2D eigenvalue weighted by Crippen LogP contribution is -2.74. The van der Waals surface area contributed by atoms with Crippen LogP contribution >= 0.6 is 11.8 Å². The van der Waals surface area contributed by atoms with Gasteiger partial charge in [0.1, 0.15) is 16.7 Å². The molecule has 0 radical (unpaired) electrons. The van der Waals surface area contributed by atoms with Crippen molar-refractivity contribution in [3.8, 4) is 5.75 Å². The fourth-order valence-corrected chi connectivity index (χ4v) is 6.24. The molecule has 2 aromatic carbocycles. The molecule has 2 aliphatic rings. The summed E-state index contributed by atoms with van der Waals surface area (Å²) in [6.45, 7) is 7.95. The molecule has 4 atom stereocenters. The minimum Gasteiger partial charge on any atom is -0.508 e. The van der Waals surface area contributed by atoms with Crippen molar-refractivity contribution in [3.63, 3.8) is 0 Å². The Morgan fingerprint density at radius 2 is 1.92 bits per heavy atom. The van der Waals surface area contributed by atoms with Crippen molar-refractivity contribution in [2.45, 2.75) is 57.2 Å². The van der Waals surface area contributed by atoms with Crippen molar-refractivity contribution in [2.24, 2.45) is 0 Å². The second-order valence-corrected chi connectivity index (χ2v) is 11.1. The third kappa shape index (κ3) is 4.98. The minimum atomic E-state index is -1.57. The van der Waals surface area contributed by atoms with E-state index in [0.717, 1.165) is 11.1 Å². The van der Waals surface area contributed by atoms with Gasteiger partial charge in [0.15, 0.2) is 6.10 Å². The molecule has 2 aromatic rings. The smallest absolute Gasteiger partial charge is 0.255 e. The largest absolute Gasteiger partial charge is 0.508 e. The standard InChI is InChI=1S/C28H33N3O5S/c1-5-17(2)15-31-27(36)24-28(31,4)37-16-30(24)26(35)23(33)21(14-19-10-7-6-8-11-19)29-25(34)20-12-9-13-22(32)18(20)3/h5-13,21,23-24,32-33H,14-16H2,1-4H3,(H,29,34)/b17-5+/t21-,23-,24+,28?/m0/s1. The highest BCUT2D eigenvalue weighted by atomic mass is 32.2. The zero-order valence-electron chi connectivity index (χ0n) is 21.5. The van der Waals surface area contributed by atoms with Crippen LogP contribution in [0.15, 0.2) is 60.2 Å². The number of hydrogen-bond donors (Lipinski definition) is 3. The molecule has 0 spiro atoms.